The molecule has 0 amide bonds. The summed E-state index contributed by atoms with van der Waals surface area (Å²) in [6.07, 6.45) is 0.903. The molecule has 0 unspecified atom stereocenters. The van der Waals surface area contributed by atoms with Crippen LogP contribution in [-0.2, 0) is 13.0 Å². The van der Waals surface area contributed by atoms with Gasteiger partial charge in [0.15, 0.2) is 11.3 Å². The number of rotatable bonds is 4. The minimum atomic E-state index is -0.137. The summed E-state index contributed by atoms with van der Waals surface area (Å²) >= 11 is 6.05. The number of hydrogen-bond donors (Lipinski definition) is 0. The molecule has 172 valence electrons. The zero-order chi connectivity index (χ0) is 24.1. The van der Waals surface area contributed by atoms with Crippen LogP contribution in [0.5, 0.6) is 0 Å². The molecule has 6 rings (SSSR count). The van der Waals surface area contributed by atoms with E-state index < -0.39 is 0 Å². The van der Waals surface area contributed by atoms with Gasteiger partial charge in [-0.25, -0.2) is 15.0 Å². The van der Waals surface area contributed by atoms with Gasteiger partial charge in [0.25, 0.3) is 5.56 Å². The van der Waals surface area contributed by atoms with Crippen molar-refractivity contribution in [1.82, 2.24) is 24.1 Å². The fourth-order valence-corrected chi connectivity index (χ4v) is 4.68. The Hall–Kier alpha value is -4.03. The molecule has 0 saturated carbocycles. The maximum Gasteiger partial charge on any atom is 0.265 e. The number of halogens is 1. The first-order valence-corrected chi connectivity index (χ1v) is 11.9. The molecule has 3 aromatic carbocycles. The third kappa shape index (κ3) is 3.58. The predicted molar refractivity (Wildman–Crippen MR) is 141 cm³/mol. The molecule has 0 fully saturated rings. The number of nitrogens with zero attached hydrogens (tertiary/aromatic N) is 5. The maximum absolute atomic E-state index is 14.0. The molecule has 7 heteroatoms. The van der Waals surface area contributed by atoms with Crippen LogP contribution >= 0.6 is 11.6 Å². The van der Waals surface area contributed by atoms with Gasteiger partial charge in [-0.3, -0.25) is 13.9 Å². The molecule has 6 aromatic rings. The van der Waals surface area contributed by atoms with Crippen molar-refractivity contribution in [3.63, 3.8) is 0 Å². The fourth-order valence-electron chi connectivity index (χ4n) is 4.55. The van der Waals surface area contributed by atoms with E-state index in [2.05, 4.69) is 19.1 Å². The average molecular weight is 480 g/mol. The van der Waals surface area contributed by atoms with Gasteiger partial charge < -0.3 is 0 Å². The molecule has 0 spiro atoms. The van der Waals surface area contributed by atoms with E-state index in [1.807, 2.05) is 72.2 Å². The van der Waals surface area contributed by atoms with Gasteiger partial charge in [0.05, 0.1) is 17.6 Å². The van der Waals surface area contributed by atoms with Gasteiger partial charge in [-0.05, 0) is 60.9 Å². The highest BCUT2D eigenvalue weighted by atomic mass is 35.5. The van der Waals surface area contributed by atoms with Crippen LogP contribution in [-0.4, -0.2) is 24.1 Å². The SMILES string of the molecule is CCc1cccc(-n2c3nc4ccccc4nc3c3c(=O)n(Cc4ccc(Cl)cc4)c(C)nc32)c1. The van der Waals surface area contributed by atoms with Crippen molar-refractivity contribution in [2.24, 2.45) is 0 Å². The lowest BCUT2D eigenvalue weighted by molar-refractivity contribution is 0.711. The fraction of sp³-hybridized carbons (Fsp3) is 0.143. The molecule has 0 N–H and O–H groups in total. The molecule has 0 atom stereocenters. The highest BCUT2D eigenvalue weighted by Crippen LogP contribution is 2.29. The van der Waals surface area contributed by atoms with Gasteiger partial charge in [0, 0.05) is 10.7 Å². The Bertz CT molecular complexity index is 1800. The molecule has 0 saturated heterocycles. The van der Waals surface area contributed by atoms with Gasteiger partial charge in [-0.15, -0.1) is 0 Å². The quantitative estimate of drug-likeness (QED) is 0.318. The normalized spacial score (nSPS) is 11.6. The summed E-state index contributed by atoms with van der Waals surface area (Å²) in [6.45, 7) is 4.37. The van der Waals surface area contributed by atoms with E-state index in [4.69, 9.17) is 26.6 Å². The number of aryl methyl sites for hydroxylation is 2. The van der Waals surface area contributed by atoms with Gasteiger partial charge in [-0.1, -0.05) is 54.9 Å². The van der Waals surface area contributed by atoms with E-state index in [1.165, 1.54) is 5.56 Å². The van der Waals surface area contributed by atoms with Crippen LogP contribution in [0.15, 0.2) is 77.6 Å². The number of para-hydroxylation sites is 2. The molecule has 6 nitrogen and oxygen atoms in total. The Balaban J connectivity index is 1.70. The lowest BCUT2D eigenvalue weighted by atomic mass is 10.1. The summed E-state index contributed by atoms with van der Waals surface area (Å²) in [4.78, 5) is 28.7. The second kappa shape index (κ2) is 8.32. The summed E-state index contributed by atoms with van der Waals surface area (Å²) < 4.78 is 3.65. The van der Waals surface area contributed by atoms with Crippen LogP contribution < -0.4 is 5.56 Å². The number of hydrogen-bond acceptors (Lipinski definition) is 4. The topological polar surface area (TPSA) is 65.6 Å². The van der Waals surface area contributed by atoms with Crippen molar-refractivity contribution in [2.75, 3.05) is 0 Å². The minimum absolute atomic E-state index is 0.137. The van der Waals surface area contributed by atoms with Crippen LogP contribution in [0.3, 0.4) is 0 Å². The van der Waals surface area contributed by atoms with Crippen LogP contribution in [0.2, 0.25) is 5.02 Å². The second-order valence-electron chi connectivity index (χ2n) is 8.62. The smallest absolute Gasteiger partial charge is 0.265 e. The highest BCUT2D eigenvalue weighted by molar-refractivity contribution is 6.30. The van der Waals surface area contributed by atoms with Gasteiger partial charge >= 0.3 is 0 Å². The lowest BCUT2D eigenvalue weighted by Crippen LogP contribution is -2.24. The lowest BCUT2D eigenvalue weighted by Gasteiger charge is -2.12. The van der Waals surface area contributed by atoms with E-state index in [0.29, 0.717) is 39.6 Å². The van der Waals surface area contributed by atoms with Crippen LogP contribution in [0, 0.1) is 6.92 Å². The number of benzene rings is 3. The van der Waals surface area contributed by atoms with Crippen molar-refractivity contribution >= 4 is 44.8 Å². The third-order valence-corrected chi connectivity index (χ3v) is 6.64. The monoisotopic (exact) mass is 479 g/mol. The van der Waals surface area contributed by atoms with Gasteiger partial charge in [0.1, 0.15) is 16.7 Å². The summed E-state index contributed by atoms with van der Waals surface area (Å²) in [5.74, 6) is 0.623. The minimum Gasteiger partial charge on any atom is -0.292 e. The highest BCUT2D eigenvalue weighted by Gasteiger charge is 2.22. The molecule has 3 aromatic heterocycles. The number of fused-ring (bicyclic) bond motifs is 4. The predicted octanol–water partition coefficient (Wildman–Crippen LogP) is 5.86. The Morgan fingerprint density at radius 3 is 2.31 bits per heavy atom. The summed E-state index contributed by atoms with van der Waals surface area (Å²) in [5.41, 5.74) is 6.20. The molecule has 0 aliphatic heterocycles. The molecule has 0 aliphatic rings. The Morgan fingerprint density at radius 1 is 0.829 bits per heavy atom. The molecular formula is C28H22ClN5O. The summed E-state index contributed by atoms with van der Waals surface area (Å²) in [6, 6.07) is 23.5. The molecule has 0 aliphatic carbocycles. The average Bonchev–Trinajstić information content (AvgIpc) is 3.19. The van der Waals surface area contributed by atoms with Gasteiger partial charge in [0.2, 0.25) is 0 Å². The van der Waals surface area contributed by atoms with Crippen molar-refractivity contribution < 1.29 is 0 Å². The van der Waals surface area contributed by atoms with E-state index in [-0.39, 0.29) is 5.56 Å². The molecular weight excluding hydrogens is 458 g/mol. The standard InChI is InChI=1S/C28H22ClN5O/c1-3-18-7-6-8-21(15-18)34-26-24(25-27(34)32-23-10-5-4-9-22(23)31-25)28(35)33(17(2)30-26)16-19-11-13-20(29)14-12-19/h4-15H,3,16H2,1-2H3. The van der Waals surface area contributed by atoms with Crippen LogP contribution in [0.25, 0.3) is 38.9 Å². The first-order valence-electron chi connectivity index (χ1n) is 11.6. The molecule has 0 bridgehead atoms. The zero-order valence-electron chi connectivity index (χ0n) is 19.4. The van der Waals surface area contributed by atoms with Crippen LogP contribution in [0.1, 0.15) is 23.9 Å². The van der Waals surface area contributed by atoms with Crippen molar-refractivity contribution in [2.45, 2.75) is 26.8 Å². The van der Waals surface area contributed by atoms with Gasteiger partial charge in [-0.2, -0.15) is 0 Å². The number of aromatic nitrogens is 5. The van der Waals surface area contributed by atoms with E-state index in [9.17, 15) is 4.79 Å². The summed E-state index contributed by atoms with van der Waals surface area (Å²) in [7, 11) is 0. The molecule has 3 heterocycles. The zero-order valence-corrected chi connectivity index (χ0v) is 20.1. The first-order chi connectivity index (χ1) is 17.0. The van der Waals surface area contributed by atoms with E-state index in [1.54, 1.807) is 4.57 Å². The Kier molecular flexibility index (Phi) is 5.11. The first kappa shape index (κ1) is 21.5. The molecule has 0 radical (unpaired) electrons. The van der Waals surface area contributed by atoms with E-state index in [0.717, 1.165) is 28.7 Å². The third-order valence-electron chi connectivity index (χ3n) is 6.38. The van der Waals surface area contributed by atoms with Crippen molar-refractivity contribution in [3.8, 4) is 5.69 Å². The van der Waals surface area contributed by atoms with Crippen molar-refractivity contribution in [3.05, 3.63) is 105 Å². The largest absolute Gasteiger partial charge is 0.292 e. The molecule has 35 heavy (non-hydrogen) atoms. The van der Waals surface area contributed by atoms with E-state index >= 15 is 0 Å². The second-order valence-corrected chi connectivity index (χ2v) is 9.06. The summed E-state index contributed by atoms with van der Waals surface area (Å²) in [5, 5.41) is 1.13. The Labute approximate surface area is 206 Å². The Morgan fingerprint density at radius 2 is 1.57 bits per heavy atom. The maximum atomic E-state index is 14.0. The van der Waals surface area contributed by atoms with Crippen molar-refractivity contribution in [1.29, 1.82) is 0 Å². The van der Waals surface area contributed by atoms with Crippen LogP contribution in [0.4, 0.5) is 0 Å².